The average Bonchev–Trinajstić information content (AvgIpc) is 1.67. The van der Waals surface area contributed by atoms with Crippen LogP contribution in [0.5, 0.6) is 0 Å². The third kappa shape index (κ3) is 20.3. The molecule has 2 aliphatic heterocycles. The highest BCUT2D eigenvalue weighted by Crippen LogP contribution is 2.36. The van der Waals surface area contributed by atoms with Crippen molar-refractivity contribution in [3.8, 4) is 0 Å². The van der Waals surface area contributed by atoms with Gasteiger partial charge in [0, 0.05) is 26.2 Å². The normalized spacial score (nSPS) is 27.3. The Balaban J connectivity index is 1.88. The molecule has 1 aromatic rings. The number of hydrogen-bond donors (Lipinski definition) is 10. The molecule has 32 nitrogen and oxygen atoms in total. The number of carbonyl (C=O) groups is 6. The van der Waals surface area contributed by atoms with E-state index in [9.17, 15) is 77.9 Å². The number of amides is 6. The van der Waals surface area contributed by atoms with Crippen molar-refractivity contribution in [2.75, 3.05) is 39.9 Å². The molecule has 2 saturated heterocycles. The number of nitrogens with one attached hydrogen (secondary N) is 4. The Labute approximate surface area is 486 Å². The number of nitrogens with zero attached hydrogens (tertiary/aromatic N) is 4. The van der Waals surface area contributed by atoms with Crippen LogP contribution >= 0.6 is 0 Å². The van der Waals surface area contributed by atoms with Crippen molar-refractivity contribution in [1.29, 1.82) is 0 Å². The van der Waals surface area contributed by atoms with Crippen LogP contribution in [0.2, 0.25) is 0 Å². The van der Waals surface area contributed by atoms with Gasteiger partial charge in [0.05, 0.1) is 55.0 Å². The van der Waals surface area contributed by atoms with E-state index in [1.807, 2.05) is 0 Å². The minimum absolute atomic E-state index is 0.0590. The molecular weight excluding hydrogens is 1140 g/mol. The van der Waals surface area contributed by atoms with E-state index < -0.39 is 203 Å². The Hall–Kier alpha value is -6.01. The Kier molecular flexibility index (Phi) is 23.5. The van der Waals surface area contributed by atoms with Crippen LogP contribution in [0.15, 0.2) is 29.2 Å². The number of hydrogen-bond acceptors (Lipinski definition) is 23. The molecule has 1 unspecified atom stereocenters. The van der Waals surface area contributed by atoms with Crippen molar-refractivity contribution in [2.45, 2.75) is 216 Å². The highest BCUT2D eigenvalue weighted by atomic mass is 32.2. The van der Waals surface area contributed by atoms with Gasteiger partial charge in [0.2, 0.25) is 10.0 Å². The second-order valence-corrected chi connectivity index (χ2v) is 26.6. The van der Waals surface area contributed by atoms with E-state index in [0.29, 0.717) is 5.01 Å². The number of carboxylic acid groups (broad SMARTS) is 1. The van der Waals surface area contributed by atoms with Gasteiger partial charge in [-0.1, -0.05) is 12.1 Å². The van der Waals surface area contributed by atoms with Gasteiger partial charge in [0.25, 0.3) is 11.6 Å². The van der Waals surface area contributed by atoms with E-state index in [0.717, 1.165) is 21.3 Å². The summed E-state index contributed by atoms with van der Waals surface area (Å²) in [4.78, 5) is 91.0. The topological polar surface area (TPSA) is 433 Å². The summed E-state index contributed by atoms with van der Waals surface area (Å²) in [6.07, 6.45) is -22.2. The molecular formula is C51H84N8O24S. The number of para-hydroxylation sites is 1. The fraction of sp³-hybridized carbons (Fsp3) is 0.765. The number of rotatable bonds is 18. The molecule has 6 amide bonds. The van der Waals surface area contributed by atoms with Gasteiger partial charge in [-0.2, -0.15) is 4.31 Å². The van der Waals surface area contributed by atoms with Crippen molar-refractivity contribution in [1.82, 2.24) is 35.6 Å². The summed E-state index contributed by atoms with van der Waals surface area (Å²) in [6.45, 7) is 16.0. The molecule has 13 atom stereocenters. The zero-order valence-electron chi connectivity index (χ0n) is 49.6. The summed E-state index contributed by atoms with van der Waals surface area (Å²) in [5.74, 6) is -1.35. The lowest BCUT2D eigenvalue weighted by Gasteiger charge is -2.51. The first kappa shape index (κ1) is 70.5. The highest BCUT2D eigenvalue weighted by Gasteiger charge is 2.55. The molecule has 3 fully saturated rings. The molecule has 2 heterocycles. The predicted molar refractivity (Wildman–Crippen MR) is 290 cm³/mol. The molecule has 84 heavy (non-hydrogen) atoms. The second-order valence-electron chi connectivity index (χ2n) is 24.7. The van der Waals surface area contributed by atoms with Crippen molar-refractivity contribution < 1.29 is 111 Å². The van der Waals surface area contributed by atoms with E-state index in [2.05, 4.69) is 16.0 Å². The summed E-state index contributed by atoms with van der Waals surface area (Å²) in [5.41, 5.74) is -5.50. The number of sulfonamides is 1. The fourth-order valence-electron chi connectivity index (χ4n) is 9.23. The lowest BCUT2D eigenvalue weighted by molar-refractivity contribution is -0.387. The van der Waals surface area contributed by atoms with E-state index in [1.165, 1.54) is 67.6 Å². The number of aliphatic hydroxyl groups excluding tert-OH is 4. The maximum Gasteiger partial charge on any atom is 0.429 e. The molecule has 0 spiro atoms. The molecule has 1 aromatic carbocycles. The van der Waals surface area contributed by atoms with Crippen LogP contribution in [0.25, 0.3) is 0 Å². The number of alkyl carbamates (subject to hydrolysis) is 2. The lowest BCUT2D eigenvalue weighted by Crippen LogP contribution is -2.71. The third-order valence-electron chi connectivity index (χ3n) is 12.6. The van der Waals surface area contributed by atoms with Crippen LogP contribution in [0.4, 0.5) is 29.7 Å². The van der Waals surface area contributed by atoms with E-state index in [1.54, 1.807) is 47.0 Å². The molecule has 4 rings (SSSR count). The second kappa shape index (κ2) is 28.0. The van der Waals surface area contributed by atoms with Crippen LogP contribution < -0.4 is 21.4 Å². The number of ether oxygens (including phenoxy) is 8. The minimum Gasteiger partial charge on any atom is -0.464 e. The van der Waals surface area contributed by atoms with Gasteiger partial charge in [-0.3, -0.25) is 14.9 Å². The van der Waals surface area contributed by atoms with Gasteiger partial charge in [0.1, 0.15) is 52.4 Å². The number of nitro benzene ring substituents is 1. The van der Waals surface area contributed by atoms with Crippen LogP contribution in [-0.2, 0) is 52.7 Å². The van der Waals surface area contributed by atoms with Crippen LogP contribution in [0.1, 0.15) is 109 Å². The number of likely N-dealkylation sites (N-methyl/N-ethyl adjacent to an activating group) is 1. The molecule has 0 radical (unpaired) electrons. The van der Waals surface area contributed by atoms with Gasteiger partial charge in [-0.05, 0) is 115 Å². The van der Waals surface area contributed by atoms with Gasteiger partial charge in [-0.15, -0.1) is 0 Å². The first-order valence-electron chi connectivity index (χ1n) is 26.9. The summed E-state index contributed by atoms with van der Waals surface area (Å²) in [6, 6.07) is -1.50. The van der Waals surface area contributed by atoms with Gasteiger partial charge >= 0.3 is 30.5 Å². The minimum atomic E-state index is -4.76. The average molecular weight is 1230 g/mol. The standard InChI is InChI=1S/C51H84N8O24S/c1-47(2,3)80-43(67)53-28-20-19-27(24-57(21-22-60)84(74,75)33-18-16-15-17-31(33)59(72)73)77-40(28)78-37-30(54-44(68)81-48(4,5)6)23-29(52-39(64)32(61)25-58(55-42(65)66)46(70)83-50(10,11)12)36(34(37)62)79-41-35(63)38(51(13,71)26-76-41)56(14)45(69)82-49(7,8)9/h15-18,27-30,32,34-38,40-41,55,60-63,71H,19-26H2,1-14H3,(H,52,64)(H,53,67)(H,54,68)(H,65,66)/t27-,28+,29+,30-,32?,34+,35+,36-,37+,38+,40+,41+,51-/m0/s1. The van der Waals surface area contributed by atoms with Gasteiger partial charge in [-0.25, -0.2) is 42.8 Å². The number of aliphatic hydroxyl groups is 5. The summed E-state index contributed by atoms with van der Waals surface area (Å²) >= 11 is 0. The monoisotopic (exact) mass is 1220 g/mol. The maximum atomic E-state index is 14.2. The largest absolute Gasteiger partial charge is 0.464 e. The summed E-state index contributed by atoms with van der Waals surface area (Å²) in [7, 11) is -3.54. The number of nitro groups is 1. The molecule has 0 bridgehead atoms. The molecule has 3 aliphatic rings. The first-order chi connectivity index (χ1) is 38.4. The van der Waals surface area contributed by atoms with Crippen molar-refractivity contribution in [2.24, 2.45) is 0 Å². The van der Waals surface area contributed by atoms with Crippen molar-refractivity contribution >= 4 is 52.1 Å². The van der Waals surface area contributed by atoms with Gasteiger partial charge < -0.3 is 89.4 Å². The Morgan fingerprint density at radius 3 is 1.82 bits per heavy atom. The third-order valence-corrected chi connectivity index (χ3v) is 14.5. The quantitative estimate of drug-likeness (QED) is 0.0564. The smallest absolute Gasteiger partial charge is 0.429 e. The van der Waals surface area contributed by atoms with E-state index >= 15 is 0 Å². The zero-order chi connectivity index (χ0) is 63.8. The molecule has 1 saturated carbocycles. The molecule has 478 valence electrons. The SMILES string of the molecule is CN(C(=O)OC(C)(C)C)[C@@H]1[C@@H](O)[C@@H](O[C@@H]2[C@@H](O)[C@H](O[C@H]3O[C@H](CN(CCO)S(=O)(=O)c4ccccc4[N+](=O)[O-])CC[C@H]3NC(=O)OC(C)(C)C)[C@@H](NC(=O)OC(C)(C)C)C[C@H]2NC(=O)C(O)CN(NC(=O)O)C(=O)OC(C)(C)C)OC[C@]1(C)O. The van der Waals surface area contributed by atoms with Crippen molar-refractivity contribution in [3.05, 3.63) is 34.4 Å². The van der Waals surface area contributed by atoms with Crippen LogP contribution in [0, 0.1) is 10.1 Å². The van der Waals surface area contributed by atoms with Crippen LogP contribution in [-0.4, -0.2) is 236 Å². The Morgan fingerprint density at radius 2 is 1.30 bits per heavy atom. The van der Waals surface area contributed by atoms with Gasteiger partial charge in [0.15, 0.2) is 23.6 Å². The Bertz CT molecular complexity index is 2590. The molecule has 10 N–H and O–H groups in total. The zero-order valence-corrected chi connectivity index (χ0v) is 50.4. The predicted octanol–water partition coefficient (Wildman–Crippen LogP) is 1.37. The van der Waals surface area contributed by atoms with Crippen molar-refractivity contribution in [3.63, 3.8) is 0 Å². The highest BCUT2D eigenvalue weighted by molar-refractivity contribution is 7.89. The molecule has 1 aliphatic carbocycles. The van der Waals surface area contributed by atoms with Crippen LogP contribution in [0.3, 0.4) is 0 Å². The number of carbonyl (C=O) groups excluding carboxylic acids is 5. The number of benzene rings is 1. The maximum absolute atomic E-state index is 14.2. The lowest BCUT2D eigenvalue weighted by atomic mass is 9.82. The fourth-order valence-corrected chi connectivity index (χ4v) is 10.9. The Morgan fingerprint density at radius 1 is 0.786 bits per heavy atom. The first-order valence-corrected chi connectivity index (χ1v) is 28.3. The molecule has 33 heteroatoms. The summed E-state index contributed by atoms with van der Waals surface area (Å²) < 4.78 is 76.1. The number of hydrazine groups is 1. The van der Waals surface area contributed by atoms with E-state index in [4.69, 9.17) is 37.9 Å². The van der Waals surface area contributed by atoms with E-state index in [-0.39, 0.29) is 12.8 Å². The molecule has 0 aromatic heterocycles. The summed E-state index contributed by atoms with van der Waals surface area (Å²) in [5, 5.41) is 87.4.